The zero-order chi connectivity index (χ0) is 13.2. The van der Waals surface area contributed by atoms with Gasteiger partial charge in [0.2, 0.25) is 11.8 Å². The van der Waals surface area contributed by atoms with Crippen LogP contribution in [0.15, 0.2) is 0 Å². The number of hydrogen-bond donors (Lipinski definition) is 2. The van der Waals surface area contributed by atoms with E-state index >= 15 is 0 Å². The molecule has 6 heteroatoms. The number of hydrogen-bond acceptors (Lipinski definition) is 4. The van der Waals surface area contributed by atoms with Crippen molar-refractivity contribution in [1.29, 1.82) is 0 Å². The Morgan fingerprint density at radius 3 is 2.39 bits per heavy atom. The van der Waals surface area contributed by atoms with E-state index in [0.29, 0.717) is 12.8 Å². The van der Waals surface area contributed by atoms with E-state index in [1.807, 2.05) is 0 Å². The van der Waals surface area contributed by atoms with Crippen LogP contribution in [0.5, 0.6) is 0 Å². The van der Waals surface area contributed by atoms with Crippen molar-refractivity contribution in [3.63, 3.8) is 0 Å². The lowest BCUT2D eigenvalue weighted by Gasteiger charge is -2.40. The number of rotatable bonds is 2. The van der Waals surface area contributed by atoms with Gasteiger partial charge in [-0.25, -0.2) is 0 Å². The molecule has 18 heavy (non-hydrogen) atoms. The molecule has 1 spiro atoms. The summed E-state index contributed by atoms with van der Waals surface area (Å²) in [6, 6.07) is 0. The summed E-state index contributed by atoms with van der Waals surface area (Å²) in [6.45, 7) is -0.472. The molecule has 0 aromatic heterocycles. The number of piperazine rings is 1. The van der Waals surface area contributed by atoms with Gasteiger partial charge < -0.3 is 5.11 Å². The van der Waals surface area contributed by atoms with Gasteiger partial charge in [-0.15, -0.1) is 0 Å². The Labute approximate surface area is 105 Å². The van der Waals surface area contributed by atoms with Crippen LogP contribution in [0.1, 0.15) is 38.5 Å². The van der Waals surface area contributed by atoms with E-state index in [-0.39, 0.29) is 12.5 Å². The molecule has 6 nitrogen and oxygen atoms in total. The van der Waals surface area contributed by atoms with Gasteiger partial charge in [-0.3, -0.25) is 24.6 Å². The minimum atomic E-state index is -1.15. The SMILES string of the molecule is O=C(O)CN1C(=O)CNC2(CCCCCC2)C1=O. The second-order valence-electron chi connectivity index (χ2n) is 5.03. The van der Waals surface area contributed by atoms with E-state index in [9.17, 15) is 14.4 Å². The summed E-state index contributed by atoms with van der Waals surface area (Å²) in [7, 11) is 0. The summed E-state index contributed by atoms with van der Waals surface area (Å²) in [5.41, 5.74) is -0.708. The van der Waals surface area contributed by atoms with Crippen LogP contribution in [-0.2, 0) is 14.4 Å². The summed E-state index contributed by atoms with van der Waals surface area (Å²) in [4.78, 5) is 35.6. The van der Waals surface area contributed by atoms with Crippen LogP contribution < -0.4 is 5.32 Å². The van der Waals surface area contributed by atoms with Crippen molar-refractivity contribution in [3.05, 3.63) is 0 Å². The molecule has 0 aromatic rings. The van der Waals surface area contributed by atoms with Crippen LogP contribution in [0.4, 0.5) is 0 Å². The number of carbonyl (C=O) groups is 3. The highest BCUT2D eigenvalue weighted by molar-refractivity contribution is 6.05. The first-order valence-electron chi connectivity index (χ1n) is 6.37. The van der Waals surface area contributed by atoms with Crippen molar-refractivity contribution in [2.75, 3.05) is 13.1 Å². The third kappa shape index (κ3) is 2.38. The van der Waals surface area contributed by atoms with Crippen molar-refractivity contribution >= 4 is 17.8 Å². The lowest BCUT2D eigenvalue weighted by Crippen LogP contribution is -2.66. The molecule has 2 aliphatic rings. The van der Waals surface area contributed by atoms with Crippen LogP contribution in [0, 0.1) is 0 Å². The average molecular weight is 254 g/mol. The fourth-order valence-electron chi connectivity index (χ4n) is 2.81. The number of carboxylic acid groups (broad SMARTS) is 1. The largest absolute Gasteiger partial charge is 0.480 e. The monoisotopic (exact) mass is 254 g/mol. The lowest BCUT2D eigenvalue weighted by molar-refractivity contribution is -0.159. The molecular formula is C12H18N2O4. The molecule has 1 aliphatic heterocycles. The molecule has 2 N–H and O–H groups in total. The highest BCUT2D eigenvalue weighted by atomic mass is 16.4. The molecular weight excluding hydrogens is 236 g/mol. The molecule has 2 amide bonds. The quantitative estimate of drug-likeness (QED) is 0.684. The van der Waals surface area contributed by atoms with Crippen molar-refractivity contribution in [2.24, 2.45) is 0 Å². The van der Waals surface area contributed by atoms with Gasteiger partial charge in [0.1, 0.15) is 6.54 Å². The van der Waals surface area contributed by atoms with E-state index in [1.165, 1.54) is 0 Å². The molecule has 0 aromatic carbocycles. The van der Waals surface area contributed by atoms with Crippen LogP contribution in [0.25, 0.3) is 0 Å². The van der Waals surface area contributed by atoms with Gasteiger partial charge in [0.15, 0.2) is 0 Å². The molecule has 0 atom stereocenters. The topological polar surface area (TPSA) is 86.7 Å². The number of imide groups is 1. The Balaban J connectivity index is 2.19. The summed E-state index contributed by atoms with van der Waals surface area (Å²) in [5, 5.41) is 11.8. The number of nitrogens with zero attached hydrogens (tertiary/aromatic N) is 1. The second kappa shape index (κ2) is 5.06. The van der Waals surface area contributed by atoms with Gasteiger partial charge in [0.25, 0.3) is 0 Å². The normalized spacial score (nSPS) is 24.1. The maximum atomic E-state index is 12.4. The first kappa shape index (κ1) is 13.0. The number of amides is 2. The van der Waals surface area contributed by atoms with Gasteiger partial charge in [-0.1, -0.05) is 25.7 Å². The molecule has 1 saturated heterocycles. The number of nitrogens with one attached hydrogen (secondary N) is 1. The van der Waals surface area contributed by atoms with Crippen LogP contribution in [0.2, 0.25) is 0 Å². The van der Waals surface area contributed by atoms with E-state index in [4.69, 9.17) is 5.11 Å². The van der Waals surface area contributed by atoms with Gasteiger partial charge in [0, 0.05) is 0 Å². The van der Waals surface area contributed by atoms with Crippen LogP contribution in [0.3, 0.4) is 0 Å². The molecule has 100 valence electrons. The van der Waals surface area contributed by atoms with E-state index in [1.54, 1.807) is 0 Å². The molecule has 1 saturated carbocycles. The minimum absolute atomic E-state index is 0.0546. The number of carboxylic acids is 1. The standard InChI is InChI=1S/C12H18N2O4/c15-9-7-13-12(5-3-1-2-4-6-12)11(18)14(9)8-10(16)17/h13H,1-8H2,(H,16,17). The van der Waals surface area contributed by atoms with E-state index in [0.717, 1.165) is 30.6 Å². The number of aliphatic carboxylic acids is 1. The predicted octanol–water partition coefficient (Wildman–Crippen LogP) is 0.122. The van der Waals surface area contributed by atoms with Crippen molar-refractivity contribution < 1.29 is 19.5 Å². The second-order valence-corrected chi connectivity index (χ2v) is 5.03. The Hall–Kier alpha value is -1.43. The Morgan fingerprint density at radius 1 is 1.22 bits per heavy atom. The molecule has 2 fully saturated rings. The highest BCUT2D eigenvalue weighted by Gasteiger charge is 2.46. The van der Waals surface area contributed by atoms with Crippen LogP contribution in [-0.4, -0.2) is 46.4 Å². The fourth-order valence-corrected chi connectivity index (χ4v) is 2.81. The third-order valence-corrected chi connectivity index (χ3v) is 3.78. The van der Waals surface area contributed by atoms with Gasteiger partial charge in [0.05, 0.1) is 12.1 Å². The van der Waals surface area contributed by atoms with E-state index in [2.05, 4.69) is 5.32 Å². The highest BCUT2D eigenvalue weighted by Crippen LogP contribution is 2.30. The zero-order valence-corrected chi connectivity index (χ0v) is 10.3. The summed E-state index contributed by atoms with van der Waals surface area (Å²) >= 11 is 0. The first-order chi connectivity index (χ1) is 8.55. The summed E-state index contributed by atoms with van der Waals surface area (Å²) < 4.78 is 0. The molecule has 1 heterocycles. The summed E-state index contributed by atoms with van der Waals surface area (Å²) in [5.74, 6) is -1.96. The maximum Gasteiger partial charge on any atom is 0.323 e. The zero-order valence-electron chi connectivity index (χ0n) is 10.3. The first-order valence-corrected chi connectivity index (χ1v) is 6.37. The van der Waals surface area contributed by atoms with Crippen molar-refractivity contribution in [3.8, 4) is 0 Å². The smallest absolute Gasteiger partial charge is 0.323 e. The Morgan fingerprint density at radius 2 is 1.83 bits per heavy atom. The average Bonchev–Trinajstić information content (AvgIpc) is 2.56. The molecule has 0 bridgehead atoms. The summed E-state index contributed by atoms with van der Waals surface area (Å²) in [6.07, 6.45) is 5.43. The minimum Gasteiger partial charge on any atom is -0.480 e. The van der Waals surface area contributed by atoms with Crippen LogP contribution >= 0.6 is 0 Å². The Bertz CT molecular complexity index is 372. The number of carbonyl (C=O) groups excluding carboxylic acids is 2. The van der Waals surface area contributed by atoms with Crippen molar-refractivity contribution in [2.45, 2.75) is 44.1 Å². The van der Waals surface area contributed by atoms with Gasteiger partial charge in [-0.05, 0) is 12.8 Å². The van der Waals surface area contributed by atoms with E-state index < -0.39 is 24.0 Å². The van der Waals surface area contributed by atoms with Crippen molar-refractivity contribution in [1.82, 2.24) is 10.2 Å². The molecule has 0 unspecified atom stereocenters. The molecule has 2 rings (SSSR count). The molecule has 1 aliphatic carbocycles. The molecule has 0 radical (unpaired) electrons. The predicted molar refractivity (Wildman–Crippen MR) is 62.8 cm³/mol. The maximum absolute atomic E-state index is 12.4. The van der Waals surface area contributed by atoms with Gasteiger partial charge in [-0.2, -0.15) is 0 Å². The fraction of sp³-hybridized carbons (Fsp3) is 0.750. The Kier molecular flexibility index (Phi) is 3.65. The van der Waals surface area contributed by atoms with Gasteiger partial charge >= 0.3 is 5.97 Å². The lowest BCUT2D eigenvalue weighted by atomic mass is 9.86. The third-order valence-electron chi connectivity index (χ3n) is 3.78.